The molecule has 0 saturated carbocycles. The predicted molar refractivity (Wildman–Crippen MR) is 65.7 cm³/mol. The van der Waals surface area contributed by atoms with Crippen molar-refractivity contribution in [2.75, 3.05) is 19.7 Å². The molecule has 3 nitrogen and oxygen atoms in total. The van der Waals surface area contributed by atoms with Gasteiger partial charge in [0.05, 0.1) is 12.2 Å². The van der Waals surface area contributed by atoms with Gasteiger partial charge in [0.15, 0.2) is 0 Å². The number of para-hydroxylation sites is 1. The number of ether oxygens (including phenoxy) is 1. The van der Waals surface area contributed by atoms with Crippen molar-refractivity contribution in [3.8, 4) is 5.75 Å². The summed E-state index contributed by atoms with van der Waals surface area (Å²) in [7, 11) is 0. The molecule has 16 heavy (non-hydrogen) atoms. The maximum atomic E-state index is 9.46. The van der Waals surface area contributed by atoms with Gasteiger partial charge in [0.25, 0.3) is 0 Å². The van der Waals surface area contributed by atoms with E-state index in [0.717, 1.165) is 18.7 Å². The zero-order chi connectivity index (χ0) is 11.9. The molecular formula is C13H21NO2. The third-order valence-electron chi connectivity index (χ3n) is 2.07. The van der Waals surface area contributed by atoms with E-state index < -0.39 is 5.60 Å². The number of rotatable bonds is 7. The second-order valence-electron chi connectivity index (χ2n) is 4.50. The molecule has 90 valence electrons. The Hall–Kier alpha value is -1.06. The van der Waals surface area contributed by atoms with Gasteiger partial charge in [-0.1, -0.05) is 18.2 Å². The van der Waals surface area contributed by atoms with Crippen LogP contribution in [0.1, 0.15) is 20.3 Å². The van der Waals surface area contributed by atoms with Gasteiger partial charge in [-0.25, -0.2) is 0 Å². The maximum Gasteiger partial charge on any atom is 0.119 e. The van der Waals surface area contributed by atoms with Crippen molar-refractivity contribution >= 4 is 0 Å². The minimum atomic E-state index is -0.639. The monoisotopic (exact) mass is 223 g/mol. The van der Waals surface area contributed by atoms with E-state index in [1.165, 1.54) is 0 Å². The van der Waals surface area contributed by atoms with Gasteiger partial charge in [0.1, 0.15) is 5.75 Å². The molecule has 0 aromatic heterocycles. The highest BCUT2D eigenvalue weighted by molar-refractivity contribution is 5.20. The largest absolute Gasteiger partial charge is 0.494 e. The van der Waals surface area contributed by atoms with Gasteiger partial charge < -0.3 is 15.2 Å². The Bertz CT molecular complexity index is 280. The third kappa shape index (κ3) is 6.43. The van der Waals surface area contributed by atoms with E-state index in [0.29, 0.717) is 13.2 Å². The van der Waals surface area contributed by atoms with Crippen molar-refractivity contribution in [3.05, 3.63) is 30.3 Å². The molecule has 0 saturated heterocycles. The van der Waals surface area contributed by atoms with Crippen molar-refractivity contribution in [2.45, 2.75) is 25.9 Å². The molecule has 0 heterocycles. The molecule has 0 fully saturated rings. The molecule has 0 aliphatic carbocycles. The lowest BCUT2D eigenvalue weighted by Gasteiger charge is -2.17. The summed E-state index contributed by atoms with van der Waals surface area (Å²) in [5.74, 6) is 0.907. The molecule has 0 atom stereocenters. The highest BCUT2D eigenvalue weighted by atomic mass is 16.5. The second-order valence-corrected chi connectivity index (χ2v) is 4.50. The number of hydrogen-bond donors (Lipinski definition) is 2. The van der Waals surface area contributed by atoms with E-state index in [1.807, 2.05) is 30.3 Å². The van der Waals surface area contributed by atoms with Crippen molar-refractivity contribution < 1.29 is 9.84 Å². The average molecular weight is 223 g/mol. The highest BCUT2D eigenvalue weighted by Gasteiger charge is 2.10. The van der Waals surface area contributed by atoms with Crippen LogP contribution in [0.4, 0.5) is 0 Å². The zero-order valence-electron chi connectivity index (χ0n) is 10.1. The standard InChI is InChI=1S/C13H21NO2/c1-13(2,15)11-14-9-6-10-16-12-7-4-3-5-8-12/h3-5,7-8,14-15H,6,9-11H2,1-2H3. The first kappa shape index (κ1) is 13.0. The summed E-state index contributed by atoms with van der Waals surface area (Å²) in [5, 5.41) is 12.6. The van der Waals surface area contributed by atoms with Crippen LogP contribution in [-0.4, -0.2) is 30.4 Å². The van der Waals surface area contributed by atoms with E-state index in [4.69, 9.17) is 4.74 Å². The van der Waals surface area contributed by atoms with Crippen molar-refractivity contribution in [2.24, 2.45) is 0 Å². The fourth-order valence-corrected chi connectivity index (χ4v) is 1.30. The summed E-state index contributed by atoms with van der Waals surface area (Å²) in [6.45, 7) is 5.75. The number of hydrogen-bond acceptors (Lipinski definition) is 3. The molecule has 0 spiro atoms. The summed E-state index contributed by atoms with van der Waals surface area (Å²) in [6, 6.07) is 9.79. The van der Waals surface area contributed by atoms with Gasteiger partial charge in [-0.3, -0.25) is 0 Å². The minimum absolute atomic E-state index is 0.609. The molecule has 0 aliphatic heterocycles. The molecule has 0 unspecified atom stereocenters. The summed E-state index contributed by atoms with van der Waals surface area (Å²) < 4.78 is 5.54. The van der Waals surface area contributed by atoms with E-state index in [-0.39, 0.29) is 0 Å². The molecule has 1 aromatic rings. The fourth-order valence-electron chi connectivity index (χ4n) is 1.30. The van der Waals surface area contributed by atoms with Gasteiger partial charge in [-0.05, 0) is 38.9 Å². The van der Waals surface area contributed by atoms with Crippen LogP contribution in [-0.2, 0) is 0 Å². The van der Waals surface area contributed by atoms with Crippen LogP contribution in [0.15, 0.2) is 30.3 Å². The normalized spacial score (nSPS) is 11.4. The Morgan fingerprint density at radius 3 is 2.56 bits per heavy atom. The highest BCUT2D eigenvalue weighted by Crippen LogP contribution is 2.08. The fraction of sp³-hybridized carbons (Fsp3) is 0.538. The van der Waals surface area contributed by atoms with Gasteiger partial charge in [0, 0.05) is 6.54 Å². The molecule has 0 radical (unpaired) electrons. The average Bonchev–Trinajstić information content (AvgIpc) is 2.23. The summed E-state index contributed by atoms with van der Waals surface area (Å²) in [4.78, 5) is 0. The van der Waals surface area contributed by atoms with E-state index in [9.17, 15) is 5.11 Å². The van der Waals surface area contributed by atoms with Crippen LogP contribution in [0.3, 0.4) is 0 Å². The Morgan fingerprint density at radius 2 is 1.94 bits per heavy atom. The van der Waals surface area contributed by atoms with Crippen LogP contribution >= 0.6 is 0 Å². The first-order chi connectivity index (χ1) is 7.58. The molecular weight excluding hydrogens is 202 g/mol. The third-order valence-corrected chi connectivity index (χ3v) is 2.07. The van der Waals surface area contributed by atoms with Crippen LogP contribution in [0.25, 0.3) is 0 Å². The Morgan fingerprint density at radius 1 is 1.25 bits per heavy atom. The number of nitrogens with one attached hydrogen (secondary N) is 1. The van der Waals surface area contributed by atoms with Crippen LogP contribution in [0, 0.1) is 0 Å². The number of benzene rings is 1. The molecule has 1 aromatic carbocycles. The predicted octanol–water partition coefficient (Wildman–Crippen LogP) is 1.82. The smallest absolute Gasteiger partial charge is 0.119 e. The molecule has 0 bridgehead atoms. The van der Waals surface area contributed by atoms with Gasteiger partial charge in [0.2, 0.25) is 0 Å². The second kappa shape index (κ2) is 6.51. The molecule has 0 amide bonds. The van der Waals surface area contributed by atoms with Crippen LogP contribution in [0.2, 0.25) is 0 Å². The van der Waals surface area contributed by atoms with Gasteiger partial charge >= 0.3 is 0 Å². The van der Waals surface area contributed by atoms with Crippen LogP contribution < -0.4 is 10.1 Å². The maximum absolute atomic E-state index is 9.46. The molecule has 1 rings (SSSR count). The van der Waals surface area contributed by atoms with Crippen LogP contribution in [0.5, 0.6) is 5.75 Å². The quantitative estimate of drug-likeness (QED) is 0.693. The lowest BCUT2D eigenvalue weighted by Crippen LogP contribution is -2.35. The van der Waals surface area contributed by atoms with Crippen molar-refractivity contribution in [1.82, 2.24) is 5.32 Å². The van der Waals surface area contributed by atoms with Gasteiger partial charge in [-0.15, -0.1) is 0 Å². The summed E-state index contributed by atoms with van der Waals surface area (Å²) in [6.07, 6.45) is 0.935. The first-order valence-electron chi connectivity index (χ1n) is 5.69. The number of aliphatic hydroxyl groups is 1. The Balaban J connectivity index is 2.01. The lowest BCUT2D eigenvalue weighted by atomic mass is 10.1. The molecule has 2 N–H and O–H groups in total. The molecule has 3 heteroatoms. The van der Waals surface area contributed by atoms with E-state index >= 15 is 0 Å². The zero-order valence-corrected chi connectivity index (χ0v) is 10.1. The molecule has 0 aliphatic rings. The minimum Gasteiger partial charge on any atom is -0.494 e. The topological polar surface area (TPSA) is 41.5 Å². The summed E-state index contributed by atoms with van der Waals surface area (Å²) in [5.41, 5.74) is -0.639. The van der Waals surface area contributed by atoms with E-state index in [2.05, 4.69) is 5.32 Å². The van der Waals surface area contributed by atoms with E-state index in [1.54, 1.807) is 13.8 Å². The SMILES string of the molecule is CC(C)(O)CNCCCOc1ccccc1. The first-order valence-corrected chi connectivity index (χ1v) is 5.69. The van der Waals surface area contributed by atoms with Gasteiger partial charge in [-0.2, -0.15) is 0 Å². The summed E-state index contributed by atoms with van der Waals surface area (Å²) >= 11 is 0. The van der Waals surface area contributed by atoms with Crippen molar-refractivity contribution in [3.63, 3.8) is 0 Å². The van der Waals surface area contributed by atoms with Crippen molar-refractivity contribution in [1.29, 1.82) is 0 Å². The Labute approximate surface area is 97.4 Å². The Kier molecular flexibility index (Phi) is 5.29. The lowest BCUT2D eigenvalue weighted by molar-refractivity contribution is 0.0796.